The Labute approximate surface area is 128 Å². The number of carboxylic acids is 1. The number of nitrogen functional groups attached to an aromatic ring is 1. The third kappa shape index (κ3) is 3.49. The molecule has 8 heteroatoms. The molecule has 1 atom stereocenters. The first-order valence-corrected chi connectivity index (χ1v) is 7.23. The Bertz CT molecular complexity index is 576. The molecule has 0 radical (unpaired) electrons. The van der Waals surface area contributed by atoms with E-state index in [1.54, 1.807) is 4.90 Å². The predicted molar refractivity (Wildman–Crippen MR) is 79.7 cm³/mol. The number of hydrogen-bond acceptors (Lipinski definition) is 5. The van der Waals surface area contributed by atoms with Crippen LogP contribution in [0, 0.1) is 0 Å². The summed E-state index contributed by atoms with van der Waals surface area (Å²) in [4.78, 5) is 24.8. The highest BCUT2D eigenvalue weighted by Gasteiger charge is 2.30. The number of likely N-dealkylation sites (tertiary alicyclic amines) is 1. The molecule has 22 heavy (non-hydrogen) atoms. The van der Waals surface area contributed by atoms with Crippen molar-refractivity contribution in [3.05, 3.63) is 11.8 Å². The number of aromatic carboxylic acids is 1. The molecule has 1 unspecified atom stereocenters. The molecule has 2 rings (SSSR count). The van der Waals surface area contributed by atoms with Gasteiger partial charge in [-0.1, -0.05) is 0 Å². The molecular formula is C14H22N4O4. The van der Waals surface area contributed by atoms with Crippen molar-refractivity contribution in [3.8, 4) is 0 Å². The zero-order valence-electron chi connectivity index (χ0n) is 13.1. The zero-order chi connectivity index (χ0) is 16.5. The fraction of sp³-hybridized carbons (Fsp3) is 0.643. The van der Waals surface area contributed by atoms with Crippen LogP contribution in [0.15, 0.2) is 6.20 Å². The van der Waals surface area contributed by atoms with E-state index in [0.29, 0.717) is 13.1 Å². The van der Waals surface area contributed by atoms with Crippen LogP contribution in [-0.2, 0) is 4.74 Å². The van der Waals surface area contributed by atoms with E-state index in [0.717, 1.165) is 12.8 Å². The lowest BCUT2D eigenvalue weighted by molar-refractivity contribution is 0.0168. The molecule has 1 aromatic heterocycles. The molecule has 1 aliphatic heterocycles. The summed E-state index contributed by atoms with van der Waals surface area (Å²) in [5, 5.41) is 13.1. The molecule has 0 bridgehead atoms. The molecule has 1 aliphatic rings. The number of carboxylic acid groups (broad SMARTS) is 1. The lowest BCUT2D eigenvalue weighted by Crippen LogP contribution is -2.43. The molecule has 3 N–H and O–H groups in total. The van der Waals surface area contributed by atoms with Crippen molar-refractivity contribution in [1.29, 1.82) is 0 Å². The summed E-state index contributed by atoms with van der Waals surface area (Å²) in [6.45, 7) is 6.46. The van der Waals surface area contributed by atoms with Crippen molar-refractivity contribution in [1.82, 2.24) is 14.7 Å². The van der Waals surface area contributed by atoms with Gasteiger partial charge in [-0.2, -0.15) is 5.10 Å². The predicted octanol–water partition coefficient (Wildman–Crippen LogP) is 1.74. The molecule has 2 heterocycles. The average molecular weight is 310 g/mol. The number of carbonyl (C=O) groups is 2. The quantitative estimate of drug-likeness (QED) is 0.860. The number of anilines is 1. The van der Waals surface area contributed by atoms with Gasteiger partial charge in [0.15, 0.2) is 0 Å². The van der Waals surface area contributed by atoms with Crippen LogP contribution in [0.3, 0.4) is 0 Å². The SMILES string of the molecule is CC(C)(C)OC(=O)N1CCCC(n2ncc(C(=O)O)c2N)C1. The second-order valence-corrected chi connectivity index (χ2v) is 6.42. The molecule has 0 spiro atoms. The third-order valence-electron chi connectivity index (χ3n) is 3.46. The van der Waals surface area contributed by atoms with Crippen LogP contribution in [-0.4, -0.2) is 50.5 Å². The van der Waals surface area contributed by atoms with Gasteiger partial charge in [0.1, 0.15) is 17.0 Å². The number of nitrogens with zero attached hydrogens (tertiary/aromatic N) is 3. The van der Waals surface area contributed by atoms with Crippen molar-refractivity contribution in [2.45, 2.75) is 45.3 Å². The van der Waals surface area contributed by atoms with Crippen molar-refractivity contribution < 1.29 is 19.4 Å². The Hall–Kier alpha value is -2.25. The van der Waals surface area contributed by atoms with Gasteiger partial charge in [0, 0.05) is 13.1 Å². The number of piperidine rings is 1. The van der Waals surface area contributed by atoms with Gasteiger partial charge >= 0.3 is 12.1 Å². The van der Waals surface area contributed by atoms with Crippen LogP contribution in [0.1, 0.15) is 50.0 Å². The molecule has 122 valence electrons. The molecule has 1 amide bonds. The highest BCUT2D eigenvalue weighted by atomic mass is 16.6. The minimum absolute atomic E-state index is 0.0191. The molecule has 0 aliphatic carbocycles. The molecule has 1 saturated heterocycles. The first kappa shape index (κ1) is 16.1. The van der Waals surface area contributed by atoms with Gasteiger partial charge in [-0.25, -0.2) is 14.3 Å². The maximum Gasteiger partial charge on any atom is 0.410 e. The summed E-state index contributed by atoms with van der Waals surface area (Å²) < 4.78 is 6.85. The van der Waals surface area contributed by atoms with Gasteiger partial charge in [0.25, 0.3) is 0 Å². The summed E-state index contributed by atoms with van der Waals surface area (Å²) in [5.41, 5.74) is 5.27. The molecule has 0 aromatic carbocycles. The first-order valence-electron chi connectivity index (χ1n) is 7.23. The van der Waals surface area contributed by atoms with E-state index in [-0.39, 0.29) is 23.5 Å². The lowest BCUT2D eigenvalue weighted by atomic mass is 10.1. The molecule has 8 nitrogen and oxygen atoms in total. The standard InChI is InChI=1S/C14H22N4O4/c1-14(2,3)22-13(21)17-6-4-5-9(8-17)18-11(15)10(7-16-18)12(19)20/h7,9H,4-6,8,15H2,1-3H3,(H,19,20). The second-order valence-electron chi connectivity index (χ2n) is 6.42. The Morgan fingerprint density at radius 1 is 1.45 bits per heavy atom. The van der Waals surface area contributed by atoms with Gasteiger partial charge in [-0.05, 0) is 33.6 Å². The smallest absolute Gasteiger partial charge is 0.410 e. The van der Waals surface area contributed by atoms with Crippen molar-refractivity contribution in [3.63, 3.8) is 0 Å². The van der Waals surface area contributed by atoms with Crippen molar-refractivity contribution in [2.24, 2.45) is 0 Å². The maximum absolute atomic E-state index is 12.1. The first-order chi connectivity index (χ1) is 10.2. The molecular weight excluding hydrogens is 288 g/mol. The monoisotopic (exact) mass is 310 g/mol. The third-order valence-corrected chi connectivity index (χ3v) is 3.46. The van der Waals surface area contributed by atoms with Gasteiger partial charge < -0.3 is 20.5 Å². The van der Waals surface area contributed by atoms with Crippen LogP contribution in [0.5, 0.6) is 0 Å². The van der Waals surface area contributed by atoms with E-state index in [1.165, 1.54) is 10.9 Å². The van der Waals surface area contributed by atoms with Crippen LogP contribution in [0.2, 0.25) is 0 Å². The lowest BCUT2D eigenvalue weighted by Gasteiger charge is -2.34. The maximum atomic E-state index is 12.1. The highest BCUT2D eigenvalue weighted by Crippen LogP contribution is 2.26. The van der Waals surface area contributed by atoms with Gasteiger partial charge in [-0.15, -0.1) is 0 Å². The number of aromatic nitrogens is 2. The van der Waals surface area contributed by atoms with Gasteiger partial charge in [0.05, 0.1) is 12.2 Å². The van der Waals surface area contributed by atoms with Crippen LogP contribution in [0.25, 0.3) is 0 Å². The summed E-state index contributed by atoms with van der Waals surface area (Å²) in [5.74, 6) is -0.993. The number of hydrogen-bond donors (Lipinski definition) is 2. The largest absolute Gasteiger partial charge is 0.477 e. The summed E-state index contributed by atoms with van der Waals surface area (Å²) in [6, 6.07) is -0.144. The fourth-order valence-electron chi connectivity index (χ4n) is 2.47. The molecule has 1 aromatic rings. The van der Waals surface area contributed by atoms with Gasteiger partial charge in [-0.3, -0.25) is 0 Å². The number of amides is 1. The fourth-order valence-corrected chi connectivity index (χ4v) is 2.47. The van der Waals surface area contributed by atoms with Crippen LogP contribution < -0.4 is 5.73 Å². The Morgan fingerprint density at radius 2 is 2.14 bits per heavy atom. The Kier molecular flexibility index (Phi) is 4.30. The minimum Gasteiger partial charge on any atom is -0.477 e. The van der Waals surface area contributed by atoms with E-state index in [9.17, 15) is 9.59 Å². The van der Waals surface area contributed by atoms with E-state index in [4.69, 9.17) is 15.6 Å². The second kappa shape index (κ2) is 5.86. The highest BCUT2D eigenvalue weighted by molar-refractivity contribution is 5.92. The zero-order valence-corrected chi connectivity index (χ0v) is 13.1. The Balaban J connectivity index is 2.11. The Morgan fingerprint density at radius 3 is 2.68 bits per heavy atom. The van der Waals surface area contributed by atoms with Crippen molar-refractivity contribution in [2.75, 3.05) is 18.8 Å². The van der Waals surface area contributed by atoms with E-state index in [2.05, 4.69) is 5.10 Å². The minimum atomic E-state index is -1.11. The molecule has 1 fully saturated rings. The summed E-state index contributed by atoms with van der Waals surface area (Å²) in [6.07, 6.45) is 2.43. The van der Waals surface area contributed by atoms with E-state index in [1.807, 2.05) is 20.8 Å². The van der Waals surface area contributed by atoms with E-state index < -0.39 is 11.6 Å². The number of nitrogens with two attached hydrogens (primary N) is 1. The summed E-state index contributed by atoms with van der Waals surface area (Å²) in [7, 11) is 0. The normalized spacial score (nSPS) is 19.0. The van der Waals surface area contributed by atoms with Crippen LogP contribution in [0.4, 0.5) is 10.6 Å². The number of ether oxygens (including phenoxy) is 1. The number of carbonyl (C=O) groups excluding carboxylic acids is 1. The number of rotatable bonds is 2. The topological polar surface area (TPSA) is 111 Å². The molecule has 0 saturated carbocycles. The summed E-state index contributed by atoms with van der Waals surface area (Å²) >= 11 is 0. The van der Waals surface area contributed by atoms with E-state index >= 15 is 0 Å². The van der Waals surface area contributed by atoms with Crippen LogP contribution >= 0.6 is 0 Å². The van der Waals surface area contributed by atoms with Gasteiger partial charge in [0.2, 0.25) is 0 Å². The average Bonchev–Trinajstić information content (AvgIpc) is 2.79. The van der Waals surface area contributed by atoms with Crippen molar-refractivity contribution >= 4 is 17.9 Å².